The van der Waals surface area contributed by atoms with Gasteiger partial charge in [-0.3, -0.25) is 4.79 Å². The van der Waals surface area contributed by atoms with Gasteiger partial charge in [-0.2, -0.15) is 5.10 Å². The lowest BCUT2D eigenvalue weighted by atomic mass is 10.2. The molecule has 3 rings (SSSR count). The highest BCUT2D eigenvalue weighted by molar-refractivity contribution is 6.31. The van der Waals surface area contributed by atoms with Crippen LogP contribution in [0, 0.1) is 0 Å². The summed E-state index contributed by atoms with van der Waals surface area (Å²) < 4.78 is 1.71. The maximum Gasteiger partial charge on any atom is 0.256 e. The molecule has 0 radical (unpaired) electrons. The van der Waals surface area contributed by atoms with Crippen LogP contribution in [0.1, 0.15) is 15.9 Å². The first-order chi connectivity index (χ1) is 10.7. The molecule has 22 heavy (non-hydrogen) atoms. The van der Waals surface area contributed by atoms with Gasteiger partial charge in [-0.15, -0.1) is 0 Å². The van der Waals surface area contributed by atoms with Crippen molar-refractivity contribution in [2.24, 2.45) is 0 Å². The van der Waals surface area contributed by atoms with Crippen LogP contribution in [0.2, 0.25) is 5.02 Å². The van der Waals surface area contributed by atoms with E-state index in [1.807, 2.05) is 42.5 Å². The summed E-state index contributed by atoms with van der Waals surface area (Å²) in [6.45, 7) is 0.497. The molecule has 0 atom stereocenters. The molecular formula is C17H14ClN3O. The number of hydrogen-bond acceptors (Lipinski definition) is 2. The molecule has 5 heteroatoms. The third kappa shape index (κ3) is 3.18. The van der Waals surface area contributed by atoms with Crippen molar-refractivity contribution in [3.8, 4) is 0 Å². The van der Waals surface area contributed by atoms with Crippen LogP contribution in [0.4, 0.5) is 5.82 Å². The number of nitrogens with zero attached hydrogens (tertiary/aromatic N) is 2. The Morgan fingerprint density at radius 1 is 1.05 bits per heavy atom. The summed E-state index contributed by atoms with van der Waals surface area (Å²) in [6.07, 6.45) is 1.65. The summed E-state index contributed by atoms with van der Waals surface area (Å²) >= 11 is 6.17. The minimum atomic E-state index is -0.165. The fourth-order valence-electron chi connectivity index (χ4n) is 2.13. The van der Waals surface area contributed by atoms with Gasteiger partial charge < -0.3 is 5.32 Å². The van der Waals surface area contributed by atoms with Crippen molar-refractivity contribution in [3.05, 3.63) is 83.0 Å². The maximum atomic E-state index is 12.2. The van der Waals surface area contributed by atoms with Crippen molar-refractivity contribution in [2.45, 2.75) is 6.54 Å². The molecule has 110 valence electrons. The maximum absolute atomic E-state index is 12.2. The van der Waals surface area contributed by atoms with Crippen LogP contribution >= 0.6 is 11.6 Å². The summed E-state index contributed by atoms with van der Waals surface area (Å²) in [7, 11) is 0. The average Bonchev–Trinajstić information content (AvgIpc) is 2.97. The average molecular weight is 312 g/mol. The van der Waals surface area contributed by atoms with Crippen LogP contribution < -0.4 is 5.32 Å². The van der Waals surface area contributed by atoms with Gasteiger partial charge in [0.2, 0.25) is 0 Å². The van der Waals surface area contributed by atoms with E-state index in [1.54, 1.807) is 29.1 Å². The molecule has 2 aromatic carbocycles. The number of carbonyl (C=O) groups excluding carboxylic acids is 1. The molecule has 1 N–H and O–H groups in total. The molecule has 0 aliphatic heterocycles. The molecule has 0 fully saturated rings. The molecule has 4 nitrogen and oxygen atoms in total. The Labute approximate surface area is 133 Å². The zero-order valence-electron chi connectivity index (χ0n) is 11.7. The van der Waals surface area contributed by atoms with Gasteiger partial charge in [-0.05, 0) is 23.8 Å². The Kier molecular flexibility index (Phi) is 4.21. The smallest absolute Gasteiger partial charge is 0.256 e. The van der Waals surface area contributed by atoms with E-state index in [-0.39, 0.29) is 5.91 Å². The van der Waals surface area contributed by atoms with Crippen LogP contribution in [0.15, 0.2) is 66.9 Å². The molecule has 1 aromatic heterocycles. The standard InChI is InChI=1S/C17H14ClN3O/c18-15-9-5-4-8-14(15)12-21-16(10-11-19-21)20-17(22)13-6-2-1-3-7-13/h1-11H,12H2,(H,20,22). The molecule has 3 aromatic rings. The van der Waals surface area contributed by atoms with Gasteiger partial charge >= 0.3 is 0 Å². The molecule has 0 unspecified atom stereocenters. The molecule has 0 aliphatic carbocycles. The Bertz CT molecular complexity index is 783. The second-order valence-corrected chi connectivity index (χ2v) is 5.19. The Morgan fingerprint density at radius 2 is 1.77 bits per heavy atom. The third-order valence-electron chi connectivity index (χ3n) is 3.27. The van der Waals surface area contributed by atoms with Crippen molar-refractivity contribution in [1.82, 2.24) is 9.78 Å². The minimum absolute atomic E-state index is 0.165. The highest BCUT2D eigenvalue weighted by Gasteiger charge is 2.10. The molecule has 0 spiro atoms. The number of nitrogens with one attached hydrogen (secondary N) is 1. The van der Waals surface area contributed by atoms with E-state index in [2.05, 4.69) is 10.4 Å². The van der Waals surface area contributed by atoms with Gasteiger partial charge in [0.1, 0.15) is 5.82 Å². The van der Waals surface area contributed by atoms with E-state index in [4.69, 9.17) is 11.6 Å². The summed E-state index contributed by atoms with van der Waals surface area (Å²) in [5.41, 5.74) is 1.55. The van der Waals surface area contributed by atoms with E-state index in [0.717, 1.165) is 5.56 Å². The lowest BCUT2D eigenvalue weighted by Gasteiger charge is -2.10. The Morgan fingerprint density at radius 3 is 2.55 bits per heavy atom. The van der Waals surface area contributed by atoms with E-state index in [1.165, 1.54) is 0 Å². The number of rotatable bonds is 4. The number of aromatic nitrogens is 2. The van der Waals surface area contributed by atoms with Crippen LogP contribution in [-0.4, -0.2) is 15.7 Å². The SMILES string of the molecule is O=C(Nc1ccnn1Cc1ccccc1Cl)c1ccccc1. The van der Waals surface area contributed by atoms with Crippen LogP contribution in [0.25, 0.3) is 0 Å². The largest absolute Gasteiger partial charge is 0.307 e. The first kappa shape index (κ1) is 14.4. The number of benzene rings is 2. The molecule has 0 aliphatic rings. The van der Waals surface area contributed by atoms with Crippen molar-refractivity contribution in [1.29, 1.82) is 0 Å². The van der Waals surface area contributed by atoms with Gasteiger partial charge in [0, 0.05) is 16.7 Å². The van der Waals surface area contributed by atoms with Gasteiger partial charge in [0.05, 0.1) is 12.7 Å². The first-order valence-electron chi connectivity index (χ1n) is 6.85. The van der Waals surface area contributed by atoms with E-state index in [0.29, 0.717) is 22.9 Å². The normalized spacial score (nSPS) is 10.4. The van der Waals surface area contributed by atoms with Crippen molar-refractivity contribution in [2.75, 3.05) is 5.32 Å². The molecule has 0 bridgehead atoms. The molecule has 0 saturated carbocycles. The van der Waals surface area contributed by atoms with Crippen molar-refractivity contribution >= 4 is 23.3 Å². The fraction of sp³-hybridized carbons (Fsp3) is 0.0588. The van der Waals surface area contributed by atoms with Gasteiger partial charge in [-0.25, -0.2) is 4.68 Å². The summed E-state index contributed by atoms with van der Waals surface area (Å²) in [5.74, 6) is 0.468. The van der Waals surface area contributed by atoms with E-state index in [9.17, 15) is 4.79 Å². The number of amides is 1. The molecule has 1 amide bonds. The van der Waals surface area contributed by atoms with E-state index < -0.39 is 0 Å². The van der Waals surface area contributed by atoms with E-state index >= 15 is 0 Å². The Balaban J connectivity index is 1.78. The predicted octanol–water partition coefficient (Wildman–Crippen LogP) is 3.84. The predicted molar refractivity (Wildman–Crippen MR) is 87.2 cm³/mol. The highest BCUT2D eigenvalue weighted by Crippen LogP contribution is 2.18. The van der Waals surface area contributed by atoms with Crippen LogP contribution in [-0.2, 0) is 6.54 Å². The minimum Gasteiger partial charge on any atom is -0.307 e. The third-order valence-corrected chi connectivity index (χ3v) is 3.64. The summed E-state index contributed by atoms with van der Waals surface area (Å²) in [4.78, 5) is 12.2. The Hall–Kier alpha value is -2.59. The lowest BCUT2D eigenvalue weighted by Crippen LogP contribution is -2.16. The van der Waals surface area contributed by atoms with Crippen LogP contribution in [0.5, 0.6) is 0 Å². The van der Waals surface area contributed by atoms with Crippen LogP contribution in [0.3, 0.4) is 0 Å². The zero-order valence-corrected chi connectivity index (χ0v) is 12.5. The number of halogens is 1. The second kappa shape index (κ2) is 6.45. The summed E-state index contributed by atoms with van der Waals surface area (Å²) in [5, 5.41) is 7.79. The summed E-state index contributed by atoms with van der Waals surface area (Å²) in [6, 6.07) is 18.4. The number of anilines is 1. The van der Waals surface area contributed by atoms with Crippen molar-refractivity contribution < 1.29 is 4.79 Å². The number of carbonyl (C=O) groups is 1. The second-order valence-electron chi connectivity index (χ2n) is 4.79. The highest BCUT2D eigenvalue weighted by atomic mass is 35.5. The molecule has 1 heterocycles. The molecule has 0 saturated heterocycles. The quantitative estimate of drug-likeness (QED) is 0.796. The topological polar surface area (TPSA) is 46.9 Å². The first-order valence-corrected chi connectivity index (χ1v) is 7.23. The fourth-order valence-corrected chi connectivity index (χ4v) is 2.33. The lowest BCUT2D eigenvalue weighted by molar-refractivity contribution is 0.102. The van der Waals surface area contributed by atoms with Gasteiger partial charge in [0.25, 0.3) is 5.91 Å². The van der Waals surface area contributed by atoms with Crippen molar-refractivity contribution in [3.63, 3.8) is 0 Å². The zero-order chi connectivity index (χ0) is 15.4. The molecular weight excluding hydrogens is 298 g/mol. The van der Waals surface area contributed by atoms with Gasteiger partial charge in [-0.1, -0.05) is 48.0 Å². The monoisotopic (exact) mass is 311 g/mol. The van der Waals surface area contributed by atoms with Gasteiger partial charge in [0.15, 0.2) is 0 Å². The number of hydrogen-bond donors (Lipinski definition) is 1.